The molecular formula is C39H44N2O8. The van der Waals surface area contributed by atoms with Crippen molar-refractivity contribution in [2.24, 2.45) is 5.92 Å². The summed E-state index contributed by atoms with van der Waals surface area (Å²) < 4.78 is 16.3. The molecule has 0 fully saturated rings. The molecule has 0 unspecified atom stereocenters. The minimum Gasteiger partial charge on any atom is -0.497 e. The van der Waals surface area contributed by atoms with Crippen LogP contribution in [0.5, 0.6) is 17.2 Å². The summed E-state index contributed by atoms with van der Waals surface area (Å²) in [6.07, 6.45) is 1.10. The number of carbonyl (C=O) groups excluding carboxylic acids is 3. The van der Waals surface area contributed by atoms with Gasteiger partial charge in [0.15, 0.2) is 0 Å². The van der Waals surface area contributed by atoms with Gasteiger partial charge < -0.3 is 29.5 Å². The average Bonchev–Trinajstić information content (AvgIpc) is 3.10. The third-order valence-electron chi connectivity index (χ3n) is 7.11. The summed E-state index contributed by atoms with van der Waals surface area (Å²) in [5, 5.41) is 12.3. The second kappa shape index (κ2) is 19.2. The molecule has 2 N–H and O–H groups in total. The van der Waals surface area contributed by atoms with Crippen LogP contribution in [-0.2, 0) is 22.6 Å². The van der Waals surface area contributed by atoms with Crippen molar-refractivity contribution in [3.8, 4) is 17.2 Å². The largest absolute Gasteiger partial charge is 0.497 e. The summed E-state index contributed by atoms with van der Waals surface area (Å²) in [6, 6.07) is 26.7. The number of carbonyl (C=O) groups is 4. The van der Waals surface area contributed by atoms with E-state index in [2.05, 4.69) is 19.2 Å². The summed E-state index contributed by atoms with van der Waals surface area (Å²) in [5.74, 6) is -0.200. The summed E-state index contributed by atoms with van der Waals surface area (Å²) in [6.45, 7) is 8.34. The summed E-state index contributed by atoms with van der Waals surface area (Å²) in [5.41, 5.74) is 2.59. The van der Waals surface area contributed by atoms with Crippen LogP contribution in [0.3, 0.4) is 0 Å². The molecule has 0 saturated carbocycles. The van der Waals surface area contributed by atoms with E-state index in [-0.39, 0.29) is 24.4 Å². The Labute approximate surface area is 287 Å². The van der Waals surface area contributed by atoms with Crippen molar-refractivity contribution in [3.05, 3.63) is 119 Å². The summed E-state index contributed by atoms with van der Waals surface area (Å²) >= 11 is 0. The number of anilines is 1. The van der Waals surface area contributed by atoms with Crippen molar-refractivity contribution in [1.82, 2.24) is 4.90 Å². The number of hydrogen-bond donors (Lipinski definition) is 2. The van der Waals surface area contributed by atoms with E-state index >= 15 is 0 Å². The first-order valence-corrected chi connectivity index (χ1v) is 16.2. The van der Waals surface area contributed by atoms with E-state index in [4.69, 9.17) is 14.2 Å². The highest BCUT2D eigenvalue weighted by Crippen LogP contribution is 2.20. The zero-order chi connectivity index (χ0) is 35.8. The van der Waals surface area contributed by atoms with E-state index in [1.54, 1.807) is 79.9 Å². The number of rotatable bonds is 15. The minimum absolute atomic E-state index is 0.0119. The molecular weight excluding hydrogens is 624 g/mol. The highest BCUT2D eigenvalue weighted by molar-refractivity contribution is 5.97. The van der Waals surface area contributed by atoms with Crippen LogP contribution in [0.1, 0.15) is 66.0 Å². The number of hydrogen-bond acceptors (Lipinski definition) is 7. The lowest BCUT2D eigenvalue weighted by atomic mass is 10.1. The molecule has 4 rings (SSSR count). The molecule has 49 heavy (non-hydrogen) atoms. The van der Waals surface area contributed by atoms with E-state index in [1.807, 2.05) is 26.0 Å². The Morgan fingerprint density at radius 2 is 1.29 bits per heavy atom. The predicted octanol–water partition coefficient (Wildman–Crippen LogP) is 7.27. The van der Waals surface area contributed by atoms with Crippen molar-refractivity contribution in [1.29, 1.82) is 0 Å². The van der Waals surface area contributed by atoms with Gasteiger partial charge in [0.2, 0.25) is 5.91 Å². The molecule has 0 spiro atoms. The number of ether oxygens (including phenoxy) is 3. The van der Waals surface area contributed by atoms with Gasteiger partial charge in [0.05, 0.1) is 25.7 Å². The predicted molar refractivity (Wildman–Crippen MR) is 188 cm³/mol. The maximum absolute atomic E-state index is 13.3. The van der Waals surface area contributed by atoms with Crippen LogP contribution in [-0.4, -0.2) is 54.0 Å². The number of esters is 1. The van der Waals surface area contributed by atoms with Gasteiger partial charge in [-0.3, -0.25) is 14.4 Å². The van der Waals surface area contributed by atoms with E-state index in [9.17, 15) is 24.3 Å². The Balaban J connectivity index is 0.00000319. The topological polar surface area (TPSA) is 131 Å². The summed E-state index contributed by atoms with van der Waals surface area (Å²) in [7, 11) is 1.57. The van der Waals surface area contributed by atoms with Gasteiger partial charge in [-0.2, -0.15) is 0 Å². The number of aliphatic carboxylic acids is 1. The molecule has 0 radical (unpaired) electrons. The first-order valence-electron chi connectivity index (χ1n) is 16.2. The molecule has 4 aromatic carbocycles. The number of carboxylic acids is 1. The Bertz CT molecular complexity index is 1650. The van der Waals surface area contributed by atoms with E-state index in [0.717, 1.165) is 12.0 Å². The van der Waals surface area contributed by atoms with Gasteiger partial charge in [-0.05, 0) is 96.3 Å². The molecule has 4 aromatic rings. The molecule has 0 aliphatic rings. The van der Waals surface area contributed by atoms with Crippen LogP contribution in [0.15, 0.2) is 97.1 Å². The fraction of sp³-hybridized carbons (Fsp3) is 0.282. The Kier molecular flexibility index (Phi) is 14.9. The number of amides is 2. The number of benzene rings is 4. The second-order valence-electron chi connectivity index (χ2n) is 11.3. The van der Waals surface area contributed by atoms with E-state index < -0.39 is 24.4 Å². The van der Waals surface area contributed by atoms with Crippen molar-refractivity contribution in [2.75, 3.05) is 25.6 Å². The van der Waals surface area contributed by atoms with Gasteiger partial charge in [0, 0.05) is 17.8 Å². The molecule has 0 aliphatic carbocycles. The highest BCUT2D eigenvalue weighted by Gasteiger charge is 2.20. The van der Waals surface area contributed by atoms with Crippen molar-refractivity contribution in [2.45, 2.75) is 47.1 Å². The normalized spacial score (nSPS) is 10.3. The lowest BCUT2D eigenvalue weighted by Gasteiger charge is -2.21. The van der Waals surface area contributed by atoms with Crippen LogP contribution in [0.25, 0.3) is 0 Å². The van der Waals surface area contributed by atoms with E-state index in [0.29, 0.717) is 46.6 Å². The molecule has 0 aromatic heterocycles. The first-order chi connectivity index (χ1) is 23.6. The van der Waals surface area contributed by atoms with Gasteiger partial charge in [0.25, 0.3) is 5.91 Å². The molecule has 10 nitrogen and oxygen atoms in total. The maximum atomic E-state index is 13.3. The van der Waals surface area contributed by atoms with Gasteiger partial charge in [-0.25, -0.2) is 4.79 Å². The Morgan fingerprint density at radius 3 is 1.86 bits per heavy atom. The lowest BCUT2D eigenvalue weighted by molar-refractivity contribution is -0.137. The van der Waals surface area contributed by atoms with Crippen LogP contribution < -0.4 is 19.5 Å². The van der Waals surface area contributed by atoms with Crippen molar-refractivity contribution < 1.29 is 38.5 Å². The quantitative estimate of drug-likeness (QED) is 0.0999. The monoisotopic (exact) mass is 668 g/mol. The summed E-state index contributed by atoms with van der Waals surface area (Å²) in [4.78, 5) is 51.2. The zero-order valence-electron chi connectivity index (χ0n) is 28.6. The third-order valence-corrected chi connectivity index (χ3v) is 7.11. The van der Waals surface area contributed by atoms with Gasteiger partial charge in [0.1, 0.15) is 23.8 Å². The minimum atomic E-state index is -1.16. The SMILES string of the molecule is CC.COc1ccc(CC(=O)Nc2ccc(C(=O)N(CC(=O)O)Cc3ccc(OC(=O)c4ccc(OCCC(C)C)cc4)cc3)cc2)cc1. The maximum Gasteiger partial charge on any atom is 0.343 e. The van der Waals surface area contributed by atoms with Crippen molar-refractivity contribution in [3.63, 3.8) is 0 Å². The first kappa shape index (κ1) is 37.8. The Hall–Kier alpha value is -5.64. The highest BCUT2D eigenvalue weighted by atomic mass is 16.5. The molecule has 2 amide bonds. The van der Waals surface area contributed by atoms with E-state index in [1.165, 1.54) is 17.0 Å². The molecule has 258 valence electrons. The lowest BCUT2D eigenvalue weighted by Crippen LogP contribution is -2.35. The van der Waals surface area contributed by atoms with Crippen molar-refractivity contribution >= 4 is 29.4 Å². The second-order valence-corrected chi connectivity index (χ2v) is 11.3. The van der Waals surface area contributed by atoms with Gasteiger partial charge in [-0.1, -0.05) is 52.0 Å². The van der Waals surface area contributed by atoms with Crippen LogP contribution in [0.2, 0.25) is 0 Å². The third kappa shape index (κ3) is 12.5. The van der Waals surface area contributed by atoms with Gasteiger partial charge in [-0.15, -0.1) is 0 Å². The number of nitrogens with one attached hydrogen (secondary N) is 1. The fourth-order valence-corrected chi connectivity index (χ4v) is 4.52. The molecule has 0 aliphatic heterocycles. The van der Waals surface area contributed by atoms with Crippen LogP contribution in [0.4, 0.5) is 5.69 Å². The molecule has 0 saturated heterocycles. The average molecular weight is 669 g/mol. The zero-order valence-corrected chi connectivity index (χ0v) is 28.6. The fourth-order valence-electron chi connectivity index (χ4n) is 4.52. The molecule has 0 bridgehead atoms. The van der Waals surface area contributed by atoms with Crippen LogP contribution >= 0.6 is 0 Å². The van der Waals surface area contributed by atoms with Gasteiger partial charge >= 0.3 is 11.9 Å². The number of carboxylic acid groups (broad SMARTS) is 1. The Morgan fingerprint density at radius 1 is 0.735 bits per heavy atom. The number of nitrogens with zero attached hydrogens (tertiary/aromatic N) is 1. The molecule has 10 heteroatoms. The smallest absolute Gasteiger partial charge is 0.343 e. The number of methoxy groups -OCH3 is 1. The molecule has 0 heterocycles. The standard InChI is InChI=1S/C37H38N2O8.C2H6/c1-25(2)20-21-46-32-18-10-29(11-19-32)37(44)47-33-16-6-27(7-17-33)23-39(24-35(41)42)36(43)28-8-12-30(13-9-28)38-34(40)22-26-4-14-31(45-3)15-5-26;1-2/h4-19,25H,20-24H2,1-3H3,(H,38,40)(H,41,42);1-2H3. The molecule has 0 atom stereocenters. The van der Waals surface area contributed by atoms with Crippen LogP contribution in [0, 0.1) is 5.92 Å².